The van der Waals surface area contributed by atoms with Crippen molar-refractivity contribution in [3.8, 4) is 17.4 Å². The first-order valence-electron chi connectivity index (χ1n) is 6.39. The smallest absolute Gasteiger partial charge is 0.217 e. The maximum absolute atomic E-state index is 10.1. The number of ether oxygens (including phenoxy) is 2. The van der Waals surface area contributed by atoms with E-state index in [-0.39, 0.29) is 5.75 Å². The molecule has 0 radical (unpaired) electrons. The van der Waals surface area contributed by atoms with E-state index in [0.29, 0.717) is 35.3 Å². The van der Waals surface area contributed by atoms with Gasteiger partial charge < -0.3 is 19.9 Å². The number of aromatic nitrogens is 1. The number of nitrogens with one attached hydrogen (secondary N) is 1. The molecule has 0 amide bonds. The van der Waals surface area contributed by atoms with Crippen molar-refractivity contribution < 1.29 is 14.6 Å². The minimum Gasteiger partial charge on any atom is -0.504 e. The van der Waals surface area contributed by atoms with Crippen molar-refractivity contribution in [3.63, 3.8) is 0 Å². The van der Waals surface area contributed by atoms with E-state index >= 15 is 0 Å². The third kappa shape index (κ3) is 3.77. The molecule has 0 saturated carbocycles. The second-order valence-electron chi connectivity index (χ2n) is 4.39. The van der Waals surface area contributed by atoms with Crippen LogP contribution in [0.4, 0.5) is 0 Å². The van der Waals surface area contributed by atoms with Crippen LogP contribution in [0.2, 0.25) is 5.02 Å². The molecule has 6 heteroatoms. The summed E-state index contributed by atoms with van der Waals surface area (Å²) in [5, 5.41) is 13.8. The van der Waals surface area contributed by atoms with Gasteiger partial charge in [-0.3, -0.25) is 0 Å². The van der Waals surface area contributed by atoms with Gasteiger partial charge in [0.2, 0.25) is 5.88 Å². The van der Waals surface area contributed by atoms with E-state index in [9.17, 15) is 5.11 Å². The standard InChI is InChI=1S/C15H17ClN2O3/c1-20-13-7-12(16)6-11(14(13)19)9-17-8-10-4-3-5-18-15(10)21-2/h3-7,17,19H,8-9H2,1-2H3. The van der Waals surface area contributed by atoms with Gasteiger partial charge in [-0.15, -0.1) is 0 Å². The summed E-state index contributed by atoms with van der Waals surface area (Å²) in [7, 11) is 3.07. The number of nitrogens with zero attached hydrogens (tertiary/aromatic N) is 1. The van der Waals surface area contributed by atoms with E-state index in [0.717, 1.165) is 5.56 Å². The van der Waals surface area contributed by atoms with E-state index in [4.69, 9.17) is 21.1 Å². The van der Waals surface area contributed by atoms with E-state index < -0.39 is 0 Å². The molecule has 0 unspecified atom stereocenters. The first kappa shape index (κ1) is 15.4. The third-order valence-electron chi connectivity index (χ3n) is 3.01. The lowest BCUT2D eigenvalue weighted by Crippen LogP contribution is -2.14. The van der Waals surface area contributed by atoms with E-state index in [1.54, 1.807) is 25.4 Å². The molecule has 112 valence electrons. The summed E-state index contributed by atoms with van der Waals surface area (Å²) in [5.74, 6) is 1.03. The predicted octanol–water partition coefficient (Wildman–Crippen LogP) is 2.75. The zero-order valence-corrected chi connectivity index (χ0v) is 12.6. The second-order valence-corrected chi connectivity index (χ2v) is 4.83. The zero-order valence-electron chi connectivity index (χ0n) is 11.9. The Kier molecular flexibility index (Phi) is 5.25. The Balaban J connectivity index is 2.05. The summed E-state index contributed by atoms with van der Waals surface area (Å²) in [6.07, 6.45) is 1.68. The Bertz CT molecular complexity index is 620. The highest BCUT2D eigenvalue weighted by atomic mass is 35.5. The topological polar surface area (TPSA) is 63.6 Å². The Morgan fingerprint density at radius 1 is 1.19 bits per heavy atom. The lowest BCUT2D eigenvalue weighted by atomic mass is 10.1. The van der Waals surface area contributed by atoms with Crippen LogP contribution in [0.1, 0.15) is 11.1 Å². The van der Waals surface area contributed by atoms with Gasteiger partial charge in [0.25, 0.3) is 0 Å². The van der Waals surface area contributed by atoms with Crippen molar-refractivity contribution in [2.75, 3.05) is 14.2 Å². The maximum Gasteiger partial charge on any atom is 0.217 e. The number of benzene rings is 1. The number of methoxy groups -OCH3 is 2. The van der Waals surface area contributed by atoms with Crippen molar-refractivity contribution >= 4 is 11.6 Å². The van der Waals surface area contributed by atoms with E-state index in [2.05, 4.69) is 10.3 Å². The van der Waals surface area contributed by atoms with Gasteiger partial charge in [0.15, 0.2) is 11.5 Å². The molecule has 21 heavy (non-hydrogen) atoms. The number of rotatable bonds is 6. The molecule has 0 bridgehead atoms. The lowest BCUT2D eigenvalue weighted by Gasteiger charge is -2.12. The molecular formula is C15H17ClN2O3. The highest BCUT2D eigenvalue weighted by Gasteiger charge is 2.10. The Morgan fingerprint density at radius 3 is 2.67 bits per heavy atom. The molecule has 0 atom stereocenters. The summed E-state index contributed by atoms with van der Waals surface area (Å²) in [6.45, 7) is 1.01. The van der Waals surface area contributed by atoms with Crippen LogP contribution in [0, 0.1) is 0 Å². The molecule has 0 spiro atoms. The average molecular weight is 309 g/mol. The van der Waals surface area contributed by atoms with Crippen LogP contribution in [0.25, 0.3) is 0 Å². The molecule has 0 aliphatic rings. The van der Waals surface area contributed by atoms with Gasteiger partial charge in [0.05, 0.1) is 14.2 Å². The summed E-state index contributed by atoms with van der Waals surface area (Å²) in [4.78, 5) is 4.13. The molecule has 0 aliphatic heterocycles. The molecule has 1 aromatic heterocycles. The summed E-state index contributed by atoms with van der Waals surface area (Å²) < 4.78 is 10.3. The molecule has 2 aromatic rings. The fourth-order valence-electron chi connectivity index (χ4n) is 1.99. The first-order valence-corrected chi connectivity index (χ1v) is 6.77. The van der Waals surface area contributed by atoms with Gasteiger partial charge >= 0.3 is 0 Å². The van der Waals surface area contributed by atoms with Crippen LogP contribution < -0.4 is 14.8 Å². The van der Waals surface area contributed by atoms with Crippen LogP contribution >= 0.6 is 11.6 Å². The molecule has 0 saturated heterocycles. The zero-order chi connectivity index (χ0) is 15.2. The highest BCUT2D eigenvalue weighted by molar-refractivity contribution is 6.30. The molecule has 2 N–H and O–H groups in total. The highest BCUT2D eigenvalue weighted by Crippen LogP contribution is 2.33. The molecule has 5 nitrogen and oxygen atoms in total. The Hall–Kier alpha value is -1.98. The fraction of sp³-hybridized carbons (Fsp3) is 0.267. The van der Waals surface area contributed by atoms with Crippen LogP contribution in [0.15, 0.2) is 30.5 Å². The van der Waals surface area contributed by atoms with Gasteiger partial charge in [0, 0.05) is 41.5 Å². The Labute approximate surface area is 128 Å². The van der Waals surface area contributed by atoms with Gasteiger partial charge in [-0.25, -0.2) is 4.98 Å². The van der Waals surface area contributed by atoms with E-state index in [1.165, 1.54) is 7.11 Å². The fourth-order valence-corrected chi connectivity index (χ4v) is 2.22. The molecule has 2 rings (SSSR count). The summed E-state index contributed by atoms with van der Waals surface area (Å²) in [6, 6.07) is 7.05. The minimum atomic E-state index is 0.0903. The van der Waals surface area contributed by atoms with Crippen LogP contribution in [-0.2, 0) is 13.1 Å². The van der Waals surface area contributed by atoms with Crippen LogP contribution in [-0.4, -0.2) is 24.3 Å². The molecule has 0 fully saturated rings. The number of halogens is 1. The largest absolute Gasteiger partial charge is 0.504 e. The van der Waals surface area contributed by atoms with Gasteiger partial charge in [-0.2, -0.15) is 0 Å². The second kappa shape index (κ2) is 7.15. The van der Waals surface area contributed by atoms with Gasteiger partial charge in [0.1, 0.15) is 0 Å². The number of hydrogen-bond acceptors (Lipinski definition) is 5. The van der Waals surface area contributed by atoms with Crippen LogP contribution in [0.3, 0.4) is 0 Å². The SMILES string of the molecule is COc1cc(Cl)cc(CNCc2cccnc2OC)c1O. The van der Waals surface area contributed by atoms with Gasteiger partial charge in [-0.05, 0) is 12.1 Å². The average Bonchev–Trinajstić information content (AvgIpc) is 2.50. The number of pyridine rings is 1. The summed E-state index contributed by atoms with van der Waals surface area (Å²) >= 11 is 6.00. The number of phenols is 1. The maximum atomic E-state index is 10.1. The Morgan fingerprint density at radius 2 is 1.95 bits per heavy atom. The molecule has 1 heterocycles. The quantitative estimate of drug-likeness (QED) is 0.859. The van der Waals surface area contributed by atoms with Crippen LogP contribution in [0.5, 0.6) is 17.4 Å². The number of phenolic OH excluding ortho intramolecular Hbond substituents is 1. The van der Waals surface area contributed by atoms with E-state index in [1.807, 2.05) is 12.1 Å². The first-order chi connectivity index (χ1) is 10.2. The van der Waals surface area contributed by atoms with Crippen molar-refractivity contribution in [2.24, 2.45) is 0 Å². The normalized spacial score (nSPS) is 10.4. The van der Waals surface area contributed by atoms with Crippen molar-refractivity contribution in [2.45, 2.75) is 13.1 Å². The van der Waals surface area contributed by atoms with Crippen molar-refractivity contribution in [3.05, 3.63) is 46.6 Å². The third-order valence-corrected chi connectivity index (χ3v) is 3.23. The molecular weight excluding hydrogens is 292 g/mol. The molecule has 0 aliphatic carbocycles. The number of aromatic hydroxyl groups is 1. The van der Waals surface area contributed by atoms with Gasteiger partial charge in [-0.1, -0.05) is 17.7 Å². The van der Waals surface area contributed by atoms with Crippen molar-refractivity contribution in [1.29, 1.82) is 0 Å². The molecule has 1 aromatic carbocycles. The van der Waals surface area contributed by atoms with Crippen molar-refractivity contribution in [1.82, 2.24) is 10.3 Å². The lowest BCUT2D eigenvalue weighted by molar-refractivity contribution is 0.369. The monoisotopic (exact) mass is 308 g/mol. The minimum absolute atomic E-state index is 0.0903. The predicted molar refractivity (Wildman–Crippen MR) is 81.0 cm³/mol. The summed E-state index contributed by atoms with van der Waals surface area (Å²) in [5.41, 5.74) is 1.61. The number of hydrogen-bond donors (Lipinski definition) is 2.